The molecule has 0 bridgehead atoms. The van der Waals surface area contributed by atoms with Crippen molar-refractivity contribution in [3.05, 3.63) is 12.3 Å². The maximum absolute atomic E-state index is 11.4. The maximum Gasteiger partial charge on any atom is 0.353 e. The number of esters is 1. The molecule has 0 aromatic heterocycles. The average molecular weight is 199 g/mol. The van der Waals surface area contributed by atoms with Gasteiger partial charge in [0, 0.05) is 13.1 Å². The standard InChI is InChI=1S/C11H21NO2/c1-5-8-9-14-11(13)10(4)12(6-2)7-3/h4-9H2,1-3H3. The van der Waals surface area contributed by atoms with E-state index in [1.807, 2.05) is 18.7 Å². The molecule has 0 amide bonds. The fraction of sp³-hybridized carbons (Fsp3) is 0.727. The number of hydrogen-bond donors (Lipinski definition) is 0. The van der Waals surface area contributed by atoms with Gasteiger partial charge in [-0.15, -0.1) is 0 Å². The predicted molar refractivity (Wildman–Crippen MR) is 57.9 cm³/mol. The molecule has 0 aliphatic carbocycles. The van der Waals surface area contributed by atoms with Gasteiger partial charge in [0.2, 0.25) is 0 Å². The molecule has 0 spiro atoms. The van der Waals surface area contributed by atoms with Crippen LogP contribution in [-0.4, -0.2) is 30.6 Å². The SMILES string of the molecule is C=C(C(=O)OCCCC)N(CC)CC. The Morgan fingerprint density at radius 3 is 2.29 bits per heavy atom. The highest BCUT2D eigenvalue weighted by atomic mass is 16.5. The molecule has 0 aromatic rings. The molecule has 0 rings (SSSR count). The number of unbranched alkanes of at least 4 members (excludes halogenated alkanes) is 1. The summed E-state index contributed by atoms with van der Waals surface area (Å²) in [6.45, 7) is 11.9. The molecule has 14 heavy (non-hydrogen) atoms. The zero-order valence-electron chi connectivity index (χ0n) is 9.51. The summed E-state index contributed by atoms with van der Waals surface area (Å²) in [5.74, 6) is -0.290. The van der Waals surface area contributed by atoms with Crippen LogP contribution in [-0.2, 0) is 9.53 Å². The van der Waals surface area contributed by atoms with E-state index in [-0.39, 0.29) is 5.97 Å². The van der Waals surface area contributed by atoms with Crippen molar-refractivity contribution in [3.63, 3.8) is 0 Å². The fourth-order valence-electron chi connectivity index (χ4n) is 1.13. The van der Waals surface area contributed by atoms with Crippen LogP contribution in [0.1, 0.15) is 33.6 Å². The minimum absolute atomic E-state index is 0.290. The van der Waals surface area contributed by atoms with Crippen LogP contribution in [0.25, 0.3) is 0 Å². The fourth-order valence-corrected chi connectivity index (χ4v) is 1.13. The van der Waals surface area contributed by atoms with E-state index < -0.39 is 0 Å². The third-order valence-electron chi connectivity index (χ3n) is 2.11. The van der Waals surface area contributed by atoms with Crippen LogP contribution in [0.3, 0.4) is 0 Å². The van der Waals surface area contributed by atoms with Gasteiger partial charge in [-0.3, -0.25) is 0 Å². The highest BCUT2D eigenvalue weighted by molar-refractivity contribution is 5.87. The summed E-state index contributed by atoms with van der Waals surface area (Å²) >= 11 is 0. The van der Waals surface area contributed by atoms with Gasteiger partial charge in [-0.2, -0.15) is 0 Å². The van der Waals surface area contributed by atoms with Crippen molar-refractivity contribution < 1.29 is 9.53 Å². The van der Waals surface area contributed by atoms with Crippen LogP contribution in [0.5, 0.6) is 0 Å². The largest absolute Gasteiger partial charge is 0.461 e. The van der Waals surface area contributed by atoms with Gasteiger partial charge in [-0.25, -0.2) is 4.79 Å². The topological polar surface area (TPSA) is 29.5 Å². The lowest BCUT2D eigenvalue weighted by Gasteiger charge is -2.21. The normalized spacial score (nSPS) is 9.64. The quantitative estimate of drug-likeness (QED) is 0.357. The van der Waals surface area contributed by atoms with Crippen molar-refractivity contribution in [2.45, 2.75) is 33.6 Å². The van der Waals surface area contributed by atoms with Crippen molar-refractivity contribution in [1.82, 2.24) is 4.90 Å². The van der Waals surface area contributed by atoms with Crippen LogP contribution in [0.15, 0.2) is 12.3 Å². The second-order valence-corrected chi connectivity index (χ2v) is 3.11. The van der Waals surface area contributed by atoms with E-state index >= 15 is 0 Å². The predicted octanol–water partition coefficient (Wildman–Crippen LogP) is 2.19. The molecule has 0 aliphatic heterocycles. The number of likely N-dealkylation sites (N-methyl/N-ethyl adjacent to an activating group) is 1. The summed E-state index contributed by atoms with van der Waals surface area (Å²) in [6, 6.07) is 0. The highest BCUT2D eigenvalue weighted by Gasteiger charge is 2.13. The summed E-state index contributed by atoms with van der Waals surface area (Å²) in [7, 11) is 0. The van der Waals surface area contributed by atoms with E-state index in [0.717, 1.165) is 25.9 Å². The molecule has 3 nitrogen and oxygen atoms in total. The van der Waals surface area contributed by atoms with Crippen LogP contribution in [0.2, 0.25) is 0 Å². The van der Waals surface area contributed by atoms with E-state index in [0.29, 0.717) is 12.3 Å². The number of carbonyl (C=O) groups is 1. The number of ether oxygens (including phenoxy) is 1. The molecule has 3 heteroatoms. The van der Waals surface area contributed by atoms with E-state index in [1.54, 1.807) is 0 Å². The third kappa shape index (κ3) is 4.30. The van der Waals surface area contributed by atoms with E-state index in [1.165, 1.54) is 0 Å². The zero-order valence-corrected chi connectivity index (χ0v) is 9.51. The molecular weight excluding hydrogens is 178 g/mol. The summed E-state index contributed by atoms with van der Waals surface area (Å²) in [5, 5.41) is 0. The second-order valence-electron chi connectivity index (χ2n) is 3.11. The highest BCUT2D eigenvalue weighted by Crippen LogP contribution is 2.03. The molecule has 0 saturated carbocycles. The number of nitrogens with zero attached hydrogens (tertiary/aromatic N) is 1. The Bertz CT molecular complexity index is 186. The van der Waals surface area contributed by atoms with Gasteiger partial charge in [-0.1, -0.05) is 19.9 Å². The van der Waals surface area contributed by atoms with Gasteiger partial charge < -0.3 is 9.64 Å². The van der Waals surface area contributed by atoms with Gasteiger partial charge in [-0.05, 0) is 20.3 Å². The van der Waals surface area contributed by atoms with Gasteiger partial charge in [0.25, 0.3) is 0 Å². The molecule has 0 radical (unpaired) electrons. The Morgan fingerprint density at radius 1 is 1.29 bits per heavy atom. The van der Waals surface area contributed by atoms with Crippen LogP contribution >= 0.6 is 0 Å². The zero-order chi connectivity index (χ0) is 11.0. The number of rotatable bonds is 7. The monoisotopic (exact) mass is 199 g/mol. The van der Waals surface area contributed by atoms with Gasteiger partial charge in [0.1, 0.15) is 5.70 Å². The molecule has 0 saturated heterocycles. The maximum atomic E-state index is 11.4. The van der Waals surface area contributed by atoms with Crippen molar-refractivity contribution in [3.8, 4) is 0 Å². The van der Waals surface area contributed by atoms with Crippen molar-refractivity contribution in [2.75, 3.05) is 19.7 Å². The Morgan fingerprint density at radius 2 is 1.86 bits per heavy atom. The summed E-state index contributed by atoms with van der Waals surface area (Å²) < 4.78 is 5.05. The van der Waals surface area contributed by atoms with Gasteiger partial charge in [0.05, 0.1) is 6.61 Å². The Hall–Kier alpha value is -0.990. The lowest BCUT2D eigenvalue weighted by atomic mass is 10.3. The lowest BCUT2D eigenvalue weighted by Crippen LogP contribution is -2.27. The average Bonchev–Trinajstić information content (AvgIpc) is 2.19. The molecule has 0 unspecified atom stereocenters. The van der Waals surface area contributed by atoms with Crippen LogP contribution in [0, 0.1) is 0 Å². The molecule has 0 aliphatic rings. The molecular formula is C11H21NO2. The third-order valence-corrected chi connectivity index (χ3v) is 2.11. The first-order valence-electron chi connectivity index (χ1n) is 5.28. The van der Waals surface area contributed by atoms with E-state index in [2.05, 4.69) is 13.5 Å². The summed E-state index contributed by atoms with van der Waals surface area (Å²) in [5.41, 5.74) is 0.464. The van der Waals surface area contributed by atoms with Crippen molar-refractivity contribution in [2.24, 2.45) is 0 Å². The molecule has 0 heterocycles. The van der Waals surface area contributed by atoms with Crippen molar-refractivity contribution >= 4 is 5.97 Å². The van der Waals surface area contributed by atoms with Gasteiger partial charge >= 0.3 is 5.97 Å². The van der Waals surface area contributed by atoms with E-state index in [9.17, 15) is 4.79 Å². The molecule has 0 atom stereocenters. The summed E-state index contributed by atoms with van der Waals surface area (Å²) in [6.07, 6.45) is 1.95. The molecule has 82 valence electrons. The van der Waals surface area contributed by atoms with E-state index in [4.69, 9.17) is 4.74 Å². The summed E-state index contributed by atoms with van der Waals surface area (Å²) in [4.78, 5) is 13.3. The first-order chi connectivity index (χ1) is 6.67. The Balaban J connectivity index is 3.91. The molecule has 0 N–H and O–H groups in total. The lowest BCUT2D eigenvalue weighted by molar-refractivity contribution is -0.140. The number of hydrogen-bond acceptors (Lipinski definition) is 3. The minimum atomic E-state index is -0.290. The molecule has 0 aromatic carbocycles. The van der Waals surface area contributed by atoms with Gasteiger partial charge in [0.15, 0.2) is 0 Å². The molecule has 0 fully saturated rings. The minimum Gasteiger partial charge on any atom is -0.461 e. The second kappa shape index (κ2) is 7.42. The van der Waals surface area contributed by atoms with Crippen LogP contribution < -0.4 is 0 Å². The Kier molecular flexibility index (Phi) is 6.89. The Labute approximate surface area is 86.7 Å². The number of carbonyl (C=O) groups excluding carboxylic acids is 1. The van der Waals surface area contributed by atoms with Crippen molar-refractivity contribution in [1.29, 1.82) is 0 Å². The first kappa shape index (κ1) is 13.0. The smallest absolute Gasteiger partial charge is 0.353 e. The first-order valence-corrected chi connectivity index (χ1v) is 5.28. The van der Waals surface area contributed by atoms with Crippen LogP contribution in [0.4, 0.5) is 0 Å².